The van der Waals surface area contributed by atoms with E-state index in [1.165, 1.54) is 5.01 Å². The number of fused-ring (bicyclic) bond motifs is 2. The third-order valence-corrected chi connectivity index (χ3v) is 7.01. The van der Waals surface area contributed by atoms with Gasteiger partial charge in [-0.3, -0.25) is 4.68 Å². The lowest BCUT2D eigenvalue weighted by molar-refractivity contribution is 0.459. The van der Waals surface area contributed by atoms with Crippen LogP contribution in [0.3, 0.4) is 0 Å². The molecule has 1 aliphatic heterocycles. The van der Waals surface area contributed by atoms with Crippen LogP contribution in [0.4, 0.5) is 0 Å². The molecule has 27 heavy (non-hydrogen) atoms. The predicted octanol–water partition coefficient (Wildman–Crippen LogP) is 4.07. The van der Waals surface area contributed by atoms with Crippen LogP contribution in [0.15, 0.2) is 18.3 Å². The third-order valence-electron chi connectivity index (χ3n) is 4.77. The Labute approximate surface area is 170 Å². The highest BCUT2D eigenvalue weighted by atomic mass is 35.5. The molecule has 0 unspecified atom stereocenters. The highest BCUT2D eigenvalue weighted by Crippen LogP contribution is 2.38. The summed E-state index contributed by atoms with van der Waals surface area (Å²) in [6, 6.07) is 6.19. The number of nitriles is 1. The number of hydrogen-bond donors (Lipinski definition) is 1. The smallest absolute Gasteiger partial charge is 0.155 e. The van der Waals surface area contributed by atoms with E-state index in [9.17, 15) is 5.26 Å². The fourth-order valence-corrected chi connectivity index (χ4v) is 5.69. The molecule has 4 heterocycles. The number of halogens is 1. The van der Waals surface area contributed by atoms with Crippen LogP contribution in [0.25, 0.3) is 31.1 Å². The Morgan fingerprint density at radius 2 is 1.96 bits per heavy atom. The number of hydrogen-bond acceptors (Lipinski definition) is 7. The first-order chi connectivity index (χ1) is 12.7. The number of piperidine rings is 1. The summed E-state index contributed by atoms with van der Waals surface area (Å²) < 4.78 is 1.74. The van der Waals surface area contributed by atoms with Crippen LogP contribution in [0.1, 0.15) is 29.3 Å². The first kappa shape index (κ1) is 18.3. The van der Waals surface area contributed by atoms with Crippen molar-refractivity contribution in [3.63, 3.8) is 0 Å². The Kier molecular flexibility index (Phi) is 4.86. The summed E-state index contributed by atoms with van der Waals surface area (Å²) in [5.74, 6) is 0.558. The lowest BCUT2D eigenvalue weighted by atomic mass is 9.99. The van der Waals surface area contributed by atoms with Gasteiger partial charge in [0.2, 0.25) is 0 Å². The molecule has 0 saturated carbocycles. The second kappa shape index (κ2) is 7.17. The molecule has 0 spiro atoms. The fourth-order valence-electron chi connectivity index (χ4n) is 3.49. The molecular weight excluding hydrogens is 400 g/mol. The van der Waals surface area contributed by atoms with E-state index >= 15 is 0 Å². The van der Waals surface area contributed by atoms with Crippen molar-refractivity contribution in [2.75, 3.05) is 13.1 Å². The second-order valence-electron chi connectivity index (χ2n) is 6.58. The maximum absolute atomic E-state index is 9.46. The molecule has 5 rings (SSSR count). The number of thiazole rings is 2. The molecule has 138 valence electrons. The molecule has 1 fully saturated rings. The summed E-state index contributed by atoms with van der Waals surface area (Å²) in [6.07, 6.45) is 4.23. The molecular formula is C18H17ClN6S2. The van der Waals surface area contributed by atoms with Gasteiger partial charge in [0.15, 0.2) is 9.66 Å². The van der Waals surface area contributed by atoms with Gasteiger partial charge >= 0.3 is 0 Å². The molecule has 0 aliphatic carbocycles. The monoisotopic (exact) mass is 416 g/mol. The van der Waals surface area contributed by atoms with Gasteiger partial charge in [-0.25, -0.2) is 9.97 Å². The molecule has 9 heteroatoms. The molecule has 0 atom stereocenters. The second-order valence-corrected chi connectivity index (χ2v) is 8.57. The van der Waals surface area contributed by atoms with Crippen LogP contribution < -0.4 is 5.32 Å². The van der Waals surface area contributed by atoms with Gasteiger partial charge < -0.3 is 5.32 Å². The van der Waals surface area contributed by atoms with E-state index in [0.717, 1.165) is 57.1 Å². The maximum atomic E-state index is 9.46. The quantitative estimate of drug-likeness (QED) is 0.532. The van der Waals surface area contributed by atoms with Crippen LogP contribution >= 0.6 is 35.1 Å². The maximum Gasteiger partial charge on any atom is 0.155 e. The Bertz CT molecular complexity index is 1130. The van der Waals surface area contributed by atoms with E-state index in [-0.39, 0.29) is 12.4 Å². The van der Waals surface area contributed by atoms with Crippen molar-refractivity contribution in [3.8, 4) is 16.6 Å². The van der Waals surface area contributed by atoms with Gasteiger partial charge in [0.1, 0.15) is 16.6 Å². The summed E-state index contributed by atoms with van der Waals surface area (Å²) in [6.45, 7) is 2.14. The van der Waals surface area contributed by atoms with Crippen molar-refractivity contribution in [3.05, 3.63) is 28.9 Å². The molecule has 0 radical (unpaired) electrons. The summed E-state index contributed by atoms with van der Waals surface area (Å²) in [5, 5.41) is 20.3. The third kappa shape index (κ3) is 3.21. The minimum Gasteiger partial charge on any atom is -0.317 e. The average Bonchev–Trinajstić information content (AvgIpc) is 3.33. The van der Waals surface area contributed by atoms with Gasteiger partial charge in [0.25, 0.3) is 0 Å². The minimum absolute atomic E-state index is 0. The van der Waals surface area contributed by atoms with Gasteiger partial charge in [-0.05, 0) is 38.1 Å². The van der Waals surface area contributed by atoms with Crippen LogP contribution in [0.2, 0.25) is 0 Å². The number of benzene rings is 1. The molecule has 0 bridgehead atoms. The van der Waals surface area contributed by atoms with Crippen molar-refractivity contribution in [2.45, 2.75) is 18.8 Å². The van der Waals surface area contributed by atoms with Gasteiger partial charge in [-0.2, -0.15) is 10.4 Å². The Hall–Kier alpha value is -2.05. The van der Waals surface area contributed by atoms with Crippen molar-refractivity contribution in [1.82, 2.24) is 25.1 Å². The lowest BCUT2D eigenvalue weighted by Gasteiger charge is -2.20. The summed E-state index contributed by atoms with van der Waals surface area (Å²) in [4.78, 5) is 11.7. The van der Waals surface area contributed by atoms with Crippen molar-refractivity contribution in [1.29, 1.82) is 5.26 Å². The number of nitrogens with one attached hydrogen (secondary N) is 1. The first-order valence-corrected chi connectivity index (χ1v) is 10.2. The van der Waals surface area contributed by atoms with E-state index < -0.39 is 0 Å². The number of aromatic nitrogens is 4. The Balaban J connectivity index is 0.00000180. The Morgan fingerprint density at radius 1 is 1.19 bits per heavy atom. The fraction of sp³-hybridized carbons (Fsp3) is 0.333. The van der Waals surface area contributed by atoms with Crippen molar-refractivity contribution in [2.24, 2.45) is 7.05 Å². The van der Waals surface area contributed by atoms with Crippen molar-refractivity contribution >= 4 is 55.6 Å². The van der Waals surface area contributed by atoms with Crippen LogP contribution in [0, 0.1) is 11.3 Å². The first-order valence-electron chi connectivity index (χ1n) is 8.57. The van der Waals surface area contributed by atoms with Gasteiger partial charge in [-0.1, -0.05) is 22.7 Å². The van der Waals surface area contributed by atoms with E-state index in [0.29, 0.717) is 11.5 Å². The zero-order chi connectivity index (χ0) is 17.7. The molecule has 1 N–H and O–H groups in total. The van der Waals surface area contributed by atoms with E-state index in [1.807, 2.05) is 19.3 Å². The molecule has 1 aliphatic rings. The SMILES string of the molecule is Cl.Cn1cc2cc(-c3nc4sc(C5CCNCC5)nc4s3)cc(C#N)c2n1. The molecule has 3 aromatic heterocycles. The summed E-state index contributed by atoms with van der Waals surface area (Å²) >= 11 is 3.32. The van der Waals surface area contributed by atoms with E-state index in [2.05, 4.69) is 22.6 Å². The van der Waals surface area contributed by atoms with Gasteiger partial charge in [0.05, 0.1) is 10.6 Å². The summed E-state index contributed by atoms with van der Waals surface area (Å²) in [5.41, 5.74) is 2.28. The molecule has 0 amide bonds. The van der Waals surface area contributed by atoms with Crippen LogP contribution in [0.5, 0.6) is 0 Å². The number of nitrogens with zero attached hydrogens (tertiary/aromatic N) is 5. The average molecular weight is 417 g/mol. The number of aryl methyl sites for hydroxylation is 1. The molecule has 4 aromatic rings. The van der Waals surface area contributed by atoms with E-state index in [1.54, 1.807) is 27.4 Å². The Morgan fingerprint density at radius 3 is 2.70 bits per heavy atom. The zero-order valence-corrected chi connectivity index (χ0v) is 17.0. The summed E-state index contributed by atoms with van der Waals surface area (Å²) in [7, 11) is 1.87. The van der Waals surface area contributed by atoms with Crippen molar-refractivity contribution < 1.29 is 0 Å². The highest BCUT2D eigenvalue weighted by Gasteiger charge is 2.21. The van der Waals surface area contributed by atoms with Gasteiger partial charge in [-0.15, -0.1) is 12.4 Å². The molecule has 1 aromatic carbocycles. The lowest BCUT2D eigenvalue weighted by Crippen LogP contribution is -2.26. The standard InChI is InChI=1S/C18H16N6S2.ClH/c1-24-9-13-7-11(6-12(8-19)14(13)23-24)16-22-18-17(26-16)21-15(25-18)10-2-4-20-5-3-10;/h6-7,9-10,20H,2-5H2,1H3;1H. The predicted molar refractivity (Wildman–Crippen MR) is 112 cm³/mol. The zero-order valence-electron chi connectivity index (χ0n) is 14.6. The van der Waals surface area contributed by atoms with Crippen LogP contribution in [-0.4, -0.2) is 32.8 Å². The normalized spacial score (nSPS) is 15.1. The molecule has 6 nitrogen and oxygen atoms in total. The largest absolute Gasteiger partial charge is 0.317 e. The van der Waals surface area contributed by atoms with Crippen LogP contribution in [-0.2, 0) is 7.05 Å². The van der Waals surface area contributed by atoms with Gasteiger partial charge in [0, 0.05) is 30.1 Å². The van der Waals surface area contributed by atoms with E-state index in [4.69, 9.17) is 9.97 Å². The highest BCUT2D eigenvalue weighted by molar-refractivity contribution is 7.28. The minimum atomic E-state index is 0. The number of rotatable bonds is 2. The molecule has 1 saturated heterocycles. The topological polar surface area (TPSA) is 79.4 Å².